The fourth-order valence-electron chi connectivity index (χ4n) is 0.970. The molecule has 0 aromatic heterocycles. The van der Waals surface area contributed by atoms with Crippen molar-refractivity contribution in [3.63, 3.8) is 0 Å². The van der Waals surface area contributed by atoms with Crippen molar-refractivity contribution in [1.29, 1.82) is 0 Å². The summed E-state index contributed by atoms with van der Waals surface area (Å²) in [5.74, 6) is -0.233. The number of Topliss-reactive ketones (excluding diaryl/α,β-unsaturated/α-hetero) is 1. The van der Waals surface area contributed by atoms with E-state index in [1.54, 1.807) is 13.8 Å². The number of carbonyl (C=O) groups excluding carboxylic acids is 3. The first kappa shape index (κ1) is 14.6. The van der Waals surface area contributed by atoms with Crippen molar-refractivity contribution in [3.8, 4) is 0 Å². The van der Waals surface area contributed by atoms with Gasteiger partial charge in [0.2, 0.25) is 11.8 Å². The van der Waals surface area contributed by atoms with E-state index in [4.69, 9.17) is 0 Å². The van der Waals surface area contributed by atoms with Crippen LogP contribution in [0.5, 0.6) is 0 Å². The molecular formula is C11H20N2O3. The Labute approximate surface area is 96.0 Å². The molecule has 92 valence electrons. The van der Waals surface area contributed by atoms with E-state index in [9.17, 15) is 14.4 Å². The van der Waals surface area contributed by atoms with Crippen LogP contribution in [-0.2, 0) is 14.4 Å². The molecule has 0 saturated carbocycles. The van der Waals surface area contributed by atoms with Gasteiger partial charge in [0.15, 0.2) is 0 Å². The maximum absolute atomic E-state index is 11.2. The van der Waals surface area contributed by atoms with Crippen LogP contribution in [0.3, 0.4) is 0 Å². The zero-order valence-corrected chi connectivity index (χ0v) is 10.1. The van der Waals surface area contributed by atoms with Gasteiger partial charge in [0.05, 0.1) is 0 Å². The van der Waals surface area contributed by atoms with Crippen molar-refractivity contribution in [2.45, 2.75) is 33.6 Å². The molecule has 0 aliphatic heterocycles. The van der Waals surface area contributed by atoms with Gasteiger partial charge in [0.25, 0.3) is 0 Å². The Balaban J connectivity index is 3.48. The molecule has 0 bridgehead atoms. The smallest absolute Gasteiger partial charge is 0.222 e. The standard InChI is InChI=1S/C11H20N2O3/c1-8(2)11(16)13-7-6-12-10(15)5-4-9(3)14/h8H,4-7H2,1-3H3,(H,12,15)(H,13,16). The highest BCUT2D eigenvalue weighted by Gasteiger charge is 2.06. The van der Waals surface area contributed by atoms with E-state index in [-0.39, 0.29) is 36.4 Å². The molecule has 0 rings (SSSR count). The van der Waals surface area contributed by atoms with Gasteiger partial charge in [-0.1, -0.05) is 13.8 Å². The Morgan fingerprint density at radius 3 is 2.06 bits per heavy atom. The van der Waals surface area contributed by atoms with E-state index in [1.807, 2.05) is 0 Å². The van der Waals surface area contributed by atoms with Gasteiger partial charge in [0.1, 0.15) is 5.78 Å². The number of hydrogen-bond donors (Lipinski definition) is 2. The van der Waals surface area contributed by atoms with Crippen LogP contribution >= 0.6 is 0 Å². The van der Waals surface area contributed by atoms with Crippen LogP contribution in [0, 0.1) is 5.92 Å². The van der Waals surface area contributed by atoms with E-state index >= 15 is 0 Å². The van der Waals surface area contributed by atoms with Gasteiger partial charge in [-0.3, -0.25) is 9.59 Å². The van der Waals surface area contributed by atoms with Gasteiger partial charge in [-0.05, 0) is 6.92 Å². The number of ketones is 1. The van der Waals surface area contributed by atoms with Gasteiger partial charge < -0.3 is 15.4 Å². The largest absolute Gasteiger partial charge is 0.354 e. The van der Waals surface area contributed by atoms with Crippen LogP contribution in [0.15, 0.2) is 0 Å². The fraction of sp³-hybridized carbons (Fsp3) is 0.727. The van der Waals surface area contributed by atoms with E-state index < -0.39 is 0 Å². The summed E-state index contributed by atoms with van der Waals surface area (Å²) >= 11 is 0. The molecule has 0 aromatic carbocycles. The Kier molecular flexibility index (Phi) is 7.16. The molecule has 0 fully saturated rings. The summed E-state index contributed by atoms with van der Waals surface area (Å²) in [6.45, 7) is 5.88. The van der Waals surface area contributed by atoms with Crippen LogP contribution < -0.4 is 10.6 Å². The van der Waals surface area contributed by atoms with Crippen molar-refractivity contribution in [1.82, 2.24) is 10.6 Å². The Hall–Kier alpha value is -1.39. The molecule has 0 radical (unpaired) electrons. The molecule has 16 heavy (non-hydrogen) atoms. The van der Waals surface area contributed by atoms with Crippen LogP contribution in [0.2, 0.25) is 0 Å². The lowest BCUT2D eigenvalue weighted by Crippen LogP contribution is -2.36. The highest BCUT2D eigenvalue weighted by Crippen LogP contribution is 1.90. The third kappa shape index (κ3) is 7.96. The molecule has 0 spiro atoms. The molecule has 0 atom stereocenters. The minimum Gasteiger partial charge on any atom is -0.354 e. The summed E-state index contributed by atoms with van der Waals surface area (Å²) < 4.78 is 0. The summed E-state index contributed by atoms with van der Waals surface area (Å²) in [7, 11) is 0. The van der Waals surface area contributed by atoms with Crippen LogP contribution in [0.4, 0.5) is 0 Å². The van der Waals surface area contributed by atoms with Crippen molar-refractivity contribution in [3.05, 3.63) is 0 Å². The third-order valence-corrected chi connectivity index (χ3v) is 1.97. The van der Waals surface area contributed by atoms with Crippen molar-refractivity contribution >= 4 is 17.6 Å². The third-order valence-electron chi connectivity index (χ3n) is 1.97. The molecule has 2 N–H and O–H groups in total. The number of carbonyl (C=O) groups is 3. The van der Waals surface area contributed by atoms with Gasteiger partial charge in [-0.25, -0.2) is 0 Å². The minimum absolute atomic E-state index is 0.00302. The van der Waals surface area contributed by atoms with Gasteiger partial charge in [0, 0.05) is 31.8 Å². The number of amides is 2. The lowest BCUT2D eigenvalue weighted by Gasteiger charge is -2.08. The molecule has 0 aromatic rings. The molecule has 0 unspecified atom stereocenters. The Morgan fingerprint density at radius 1 is 1.00 bits per heavy atom. The maximum Gasteiger partial charge on any atom is 0.222 e. The van der Waals surface area contributed by atoms with Crippen LogP contribution in [-0.4, -0.2) is 30.7 Å². The average Bonchev–Trinajstić information content (AvgIpc) is 2.20. The molecule has 0 aliphatic carbocycles. The van der Waals surface area contributed by atoms with Gasteiger partial charge in [-0.15, -0.1) is 0 Å². The second-order valence-electron chi connectivity index (χ2n) is 4.00. The molecule has 2 amide bonds. The van der Waals surface area contributed by atoms with Crippen molar-refractivity contribution in [2.24, 2.45) is 5.92 Å². The predicted molar refractivity (Wildman–Crippen MR) is 60.8 cm³/mol. The van der Waals surface area contributed by atoms with Crippen LogP contribution in [0.25, 0.3) is 0 Å². The maximum atomic E-state index is 11.2. The lowest BCUT2D eigenvalue weighted by molar-refractivity contribution is -0.125. The zero-order chi connectivity index (χ0) is 12.6. The monoisotopic (exact) mass is 228 g/mol. The molecule has 0 saturated heterocycles. The Morgan fingerprint density at radius 2 is 1.56 bits per heavy atom. The molecule has 5 heteroatoms. The highest BCUT2D eigenvalue weighted by atomic mass is 16.2. The number of nitrogens with one attached hydrogen (secondary N) is 2. The Bertz CT molecular complexity index is 262. The summed E-state index contributed by atoms with van der Waals surface area (Å²) in [6.07, 6.45) is 0.484. The second kappa shape index (κ2) is 7.84. The fourth-order valence-corrected chi connectivity index (χ4v) is 0.970. The zero-order valence-electron chi connectivity index (χ0n) is 10.1. The minimum atomic E-state index is -0.158. The average molecular weight is 228 g/mol. The predicted octanol–water partition coefficient (Wildman–Crippen LogP) is 0.244. The summed E-state index contributed by atoms with van der Waals surface area (Å²) in [4.78, 5) is 32.9. The number of hydrogen-bond acceptors (Lipinski definition) is 3. The van der Waals surface area contributed by atoms with Crippen LogP contribution in [0.1, 0.15) is 33.6 Å². The second-order valence-corrected chi connectivity index (χ2v) is 4.00. The quantitative estimate of drug-likeness (QED) is 0.613. The van der Waals surface area contributed by atoms with Gasteiger partial charge in [-0.2, -0.15) is 0 Å². The molecule has 0 aliphatic rings. The van der Waals surface area contributed by atoms with Crippen molar-refractivity contribution < 1.29 is 14.4 Å². The SMILES string of the molecule is CC(=O)CCC(=O)NCCNC(=O)C(C)C. The first-order chi connectivity index (χ1) is 7.43. The topological polar surface area (TPSA) is 75.3 Å². The highest BCUT2D eigenvalue weighted by molar-refractivity contribution is 5.83. The van der Waals surface area contributed by atoms with E-state index in [0.29, 0.717) is 13.1 Å². The van der Waals surface area contributed by atoms with Gasteiger partial charge >= 0.3 is 0 Å². The summed E-state index contributed by atoms with van der Waals surface area (Å²) in [5, 5.41) is 5.31. The molecule has 5 nitrogen and oxygen atoms in total. The first-order valence-electron chi connectivity index (χ1n) is 5.47. The summed E-state index contributed by atoms with van der Waals surface area (Å²) in [6, 6.07) is 0. The van der Waals surface area contributed by atoms with E-state index in [1.165, 1.54) is 6.92 Å². The first-order valence-corrected chi connectivity index (χ1v) is 5.47. The van der Waals surface area contributed by atoms with E-state index in [2.05, 4.69) is 10.6 Å². The molecule has 0 heterocycles. The normalized spacial score (nSPS) is 10.0. The number of rotatable bonds is 7. The molecular weight excluding hydrogens is 208 g/mol. The lowest BCUT2D eigenvalue weighted by atomic mass is 10.2. The van der Waals surface area contributed by atoms with E-state index in [0.717, 1.165) is 0 Å². The van der Waals surface area contributed by atoms with Crippen molar-refractivity contribution in [2.75, 3.05) is 13.1 Å². The summed E-state index contributed by atoms with van der Waals surface area (Å²) in [5.41, 5.74) is 0.